The van der Waals surface area contributed by atoms with Crippen LogP contribution in [0.5, 0.6) is 5.75 Å². The Kier molecular flexibility index (Phi) is 4.77. The first kappa shape index (κ1) is 14.8. The van der Waals surface area contributed by atoms with Gasteiger partial charge < -0.3 is 14.8 Å². The van der Waals surface area contributed by atoms with E-state index in [2.05, 4.69) is 5.32 Å². The Labute approximate surface area is 122 Å². The third-order valence-electron chi connectivity index (χ3n) is 3.04. The van der Waals surface area contributed by atoms with E-state index in [0.29, 0.717) is 5.56 Å². The largest absolute Gasteiger partial charge is 0.497 e. The molecular weight excluding hydrogens is 273 g/mol. The first-order valence-corrected chi connectivity index (χ1v) is 6.38. The van der Waals surface area contributed by atoms with Gasteiger partial charge >= 0.3 is 5.97 Å². The second kappa shape index (κ2) is 6.74. The molecule has 0 saturated heterocycles. The number of hydrogen-bond donors (Lipinski definition) is 1. The minimum absolute atomic E-state index is 0.355. The zero-order chi connectivity index (χ0) is 15.2. The van der Waals surface area contributed by atoms with Crippen LogP contribution in [0.15, 0.2) is 48.5 Å². The van der Waals surface area contributed by atoms with Gasteiger partial charge in [-0.3, -0.25) is 0 Å². The molecule has 0 aromatic heterocycles. The van der Waals surface area contributed by atoms with Crippen molar-refractivity contribution in [2.45, 2.75) is 6.04 Å². The molecule has 2 aromatic carbocycles. The molecular formula is C16H16FNO3. The van der Waals surface area contributed by atoms with Gasteiger partial charge in [-0.15, -0.1) is 0 Å². The lowest BCUT2D eigenvalue weighted by Crippen LogP contribution is -2.22. The van der Waals surface area contributed by atoms with E-state index in [1.807, 2.05) is 0 Å². The number of halogens is 1. The number of carbonyl (C=O) groups is 1. The van der Waals surface area contributed by atoms with E-state index < -0.39 is 12.0 Å². The quantitative estimate of drug-likeness (QED) is 0.859. The Morgan fingerprint density at radius 1 is 1.05 bits per heavy atom. The molecule has 2 aromatic rings. The van der Waals surface area contributed by atoms with Crippen molar-refractivity contribution in [3.63, 3.8) is 0 Å². The van der Waals surface area contributed by atoms with Crippen molar-refractivity contribution in [3.05, 3.63) is 59.9 Å². The zero-order valence-electron chi connectivity index (χ0n) is 11.8. The molecule has 2 rings (SSSR count). The molecule has 1 unspecified atom stereocenters. The summed E-state index contributed by atoms with van der Waals surface area (Å²) in [4.78, 5) is 11.9. The zero-order valence-corrected chi connectivity index (χ0v) is 11.8. The molecule has 5 heteroatoms. The van der Waals surface area contributed by atoms with Crippen molar-refractivity contribution < 1.29 is 18.7 Å². The first-order chi connectivity index (χ1) is 10.1. The maximum atomic E-state index is 13.0. The SMILES string of the molecule is COC(=O)C(Nc1ccc(OC)cc1)c1ccc(F)cc1. The summed E-state index contributed by atoms with van der Waals surface area (Å²) in [6.07, 6.45) is 0. The van der Waals surface area contributed by atoms with Crippen LogP contribution in [0.1, 0.15) is 11.6 Å². The van der Waals surface area contributed by atoms with Crippen molar-refractivity contribution in [2.75, 3.05) is 19.5 Å². The summed E-state index contributed by atoms with van der Waals surface area (Å²) in [5, 5.41) is 3.06. The second-order valence-electron chi connectivity index (χ2n) is 4.38. The number of esters is 1. The van der Waals surface area contributed by atoms with Gasteiger partial charge in [0, 0.05) is 5.69 Å². The first-order valence-electron chi connectivity index (χ1n) is 6.38. The normalized spacial score (nSPS) is 11.6. The number of nitrogens with one attached hydrogen (secondary N) is 1. The van der Waals surface area contributed by atoms with Crippen molar-refractivity contribution in [2.24, 2.45) is 0 Å². The van der Waals surface area contributed by atoms with Crippen LogP contribution < -0.4 is 10.1 Å². The van der Waals surface area contributed by atoms with E-state index in [0.717, 1.165) is 11.4 Å². The average molecular weight is 289 g/mol. The van der Waals surface area contributed by atoms with Gasteiger partial charge in [0.2, 0.25) is 0 Å². The molecule has 0 bridgehead atoms. The molecule has 1 atom stereocenters. The molecule has 21 heavy (non-hydrogen) atoms. The molecule has 0 aliphatic carbocycles. The van der Waals surface area contributed by atoms with Crippen LogP contribution in [-0.2, 0) is 9.53 Å². The monoisotopic (exact) mass is 289 g/mol. The van der Waals surface area contributed by atoms with E-state index >= 15 is 0 Å². The molecule has 0 aliphatic rings. The van der Waals surface area contributed by atoms with Gasteiger partial charge in [-0.25, -0.2) is 9.18 Å². The number of ether oxygens (including phenoxy) is 2. The maximum Gasteiger partial charge on any atom is 0.332 e. The molecule has 110 valence electrons. The van der Waals surface area contributed by atoms with Gasteiger partial charge in [0.15, 0.2) is 6.04 Å². The van der Waals surface area contributed by atoms with Gasteiger partial charge in [-0.2, -0.15) is 0 Å². The topological polar surface area (TPSA) is 47.6 Å². The molecule has 0 heterocycles. The van der Waals surface area contributed by atoms with Gasteiger partial charge in [-0.05, 0) is 42.0 Å². The Morgan fingerprint density at radius 3 is 2.19 bits per heavy atom. The van der Waals surface area contributed by atoms with Crippen molar-refractivity contribution in [3.8, 4) is 5.75 Å². The lowest BCUT2D eigenvalue weighted by molar-refractivity contribution is -0.141. The molecule has 0 aliphatic heterocycles. The van der Waals surface area contributed by atoms with Crippen LogP contribution >= 0.6 is 0 Å². The number of hydrogen-bond acceptors (Lipinski definition) is 4. The average Bonchev–Trinajstić information content (AvgIpc) is 2.53. The van der Waals surface area contributed by atoms with Crippen molar-refractivity contribution in [1.29, 1.82) is 0 Å². The fraction of sp³-hybridized carbons (Fsp3) is 0.188. The number of methoxy groups -OCH3 is 2. The van der Waals surface area contributed by atoms with Gasteiger partial charge in [-0.1, -0.05) is 12.1 Å². The van der Waals surface area contributed by atoms with E-state index in [1.54, 1.807) is 43.5 Å². The van der Waals surface area contributed by atoms with E-state index in [9.17, 15) is 9.18 Å². The van der Waals surface area contributed by atoms with Crippen molar-refractivity contribution in [1.82, 2.24) is 0 Å². The van der Waals surface area contributed by atoms with Gasteiger partial charge in [0.25, 0.3) is 0 Å². The molecule has 0 amide bonds. The Morgan fingerprint density at radius 2 is 1.67 bits per heavy atom. The van der Waals surface area contributed by atoms with E-state index in [-0.39, 0.29) is 5.82 Å². The molecule has 0 saturated carbocycles. The van der Waals surface area contributed by atoms with Gasteiger partial charge in [0.1, 0.15) is 11.6 Å². The summed E-state index contributed by atoms with van der Waals surface area (Å²) in [5.74, 6) is -0.0822. The van der Waals surface area contributed by atoms with Crippen LogP contribution in [0.25, 0.3) is 0 Å². The molecule has 4 nitrogen and oxygen atoms in total. The Hall–Kier alpha value is -2.56. The smallest absolute Gasteiger partial charge is 0.332 e. The standard InChI is InChI=1S/C16H16FNO3/c1-20-14-9-7-13(8-10-14)18-15(16(19)21-2)11-3-5-12(17)6-4-11/h3-10,15,18H,1-2H3. The highest BCUT2D eigenvalue weighted by atomic mass is 19.1. The number of benzene rings is 2. The van der Waals surface area contributed by atoms with Crippen molar-refractivity contribution >= 4 is 11.7 Å². The van der Waals surface area contributed by atoms with E-state index in [1.165, 1.54) is 19.2 Å². The fourth-order valence-electron chi connectivity index (χ4n) is 1.91. The number of anilines is 1. The predicted molar refractivity (Wildman–Crippen MR) is 77.8 cm³/mol. The summed E-state index contributed by atoms with van der Waals surface area (Å²) in [5.41, 5.74) is 1.36. The number of rotatable bonds is 5. The molecule has 1 N–H and O–H groups in total. The van der Waals surface area contributed by atoms with Crippen LogP contribution in [-0.4, -0.2) is 20.2 Å². The molecule has 0 radical (unpaired) electrons. The van der Waals surface area contributed by atoms with Crippen LogP contribution in [0.4, 0.5) is 10.1 Å². The lowest BCUT2D eigenvalue weighted by Gasteiger charge is -2.18. The molecule has 0 fully saturated rings. The third-order valence-corrected chi connectivity index (χ3v) is 3.04. The highest BCUT2D eigenvalue weighted by Crippen LogP contribution is 2.23. The predicted octanol–water partition coefficient (Wildman–Crippen LogP) is 3.16. The van der Waals surface area contributed by atoms with Gasteiger partial charge in [0.05, 0.1) is 14.2 Å². The van der Waals surface area contributed by atoms with Crippen LogP contribution in [0.3, 0.4) is 0 Å². The Balaban J connectivity index is 2.23. The summed E-state index contributed by atoms with van der Waals surface area (Å²) in [6, 6.07) is 12.1. The minimum atomic E-state index is -0.705. The minimum Gasteiger partial charge on any atom is -0.497 e. The maximum absolute atomic E-state index is 13.0. The Bertz CT molecular complexity index is 596. The summed E-state index contributed by atoms with van der Waals surface area (Å²) in [6.45, 7) is 0. The molecule has 0 spiro atoms. The summed E-state index contributed by atoms with van der Waals surface area (Å²) >= 11 is 0. The van der Waals surface area contributed by atoms with E-state index in [4.69, 9.17) is 9.47 Å². The summed E-state index contributed by atoms with van der Waals surface area (Å²) in [7, 11) is 2.90. The number of carbonyl (C=O) groups excluding carboxylic acids is 1. The van der Waals surface area contributed by atoms with Crippen LogP contribution in [0, 0.1) is 5.82 Å². The highest BCUT2D eigenvalue weighted by Gasteiger charge is 2.21. The summed E-state index contributed by atoms with van der Waals surface area (Å²) < 4.78 is 22.9. The second-order valence-corrected chi connectivity index (χ2v) is 4.38. The van der Waals surface area contributed by atoms with Crippen LogP contribution in [0.2, 0.25) is 0 Å². The third kappa shape index (κ3) is 3.72. The fourth-order valence-corrected chi connectivity index (χ4v) is 1.91. The highest BCUT2D eigenvalue weighted by molar-refractivity contribution is 5.81. The lowest BCUT2D eigenvalue weighted by atomic mass is 10.1.